The number of rotatable bonds is 4. The Labute approximate surface area is 95.5 Å². The van der Waals surface area contributed by atoms with Crippen molar-refractivity contribution in [2.75, 3.05) is 5.73 Å². The molecule has 0 amide bonds. The Bertz CT molecular complexity index is 487. The van der Waals surface area contributed by atoms with Crippen LogP contribution in [0.2, 0.25) is 0 Å². The molecule has 0 radical (unpaired) electrons. The van der Waals surface area contributed by atoms with E-state index in [2.05, 4.69) is 23.9 Å². The number of fused-ring (bicyclic) bond motifs is 1. The average molecular weight is 218 g/mol. The van der Waals surface area contributed by atoms with E-state index in [1.54, 1.807) is 16.8 Å². The van der Waals surface area contributed by atoms with Gasteiger partial charge in [-0.1, -0.05) is 26.7 Å². The largest absolute Gasteiger partial charge is 0.384 e. The van der Waals surface area contributed by atoms with Crippen molar-refractivity contribution >= 4 is 11.5 Å². The summed E-state index contributed by atoms with van der Waals surface area (Å²) in [6.07, 6.45) is 5.98. The van der Waals surface area contributed by atoms with E-state index in [0.29, 0.717) is 5.82 Å². The Morgan fingerprint density at radius 3 is 2.69 bits per heavy atom. The predicted molar refractivity (Wildman–Crippen MR) is 65.4 cm³/mol. The molecule has 2 rings (SSSR count). The van der Waals surface area contributed by atoms with Gasteiger partial charge in [0.15, 0.2) is 5.65 Å². The molecule has 0 unspecified atom stereocenters. The lowest BCUT2D eigenvalue weighted by atomic mass is 10.1. The quantitative estimate of drug-likeness (QED) is 0.856. The van der Waals surface area contributed by atoms with Gasteiger partial charge in [-0.3, -0.25) is 0 Å². The number of nitrogen functional groups attached to an aromatic ring is 1. The highest BCUT2D eigenvalue weighted by molar-refractivity contribution is 5.54. The normalized spacial score (nSPS) is 11.1. The van der Waals surface area contributed by atoms with Crippen LogP contribution in [0.4, 0.5) is 5.82 Å². The molecule has 2 N–H and O–H groups in total. The van der Waals surface area contributed by atoms with Gasteiger partial charge < -0.3 is 5.73 Å². The molecular weight excluding hydrogens is 200 g/mol. The molecular formula is C12H18N4. The molecule has 0 fully saturated rings. The first-order valence-electron chi connectivity index (χ1n) is 5.88. The minimum Gasteiger partial charge on any atom is -0.384 e. The number of nitrogens with two attached hydrogens (primary N) is 1. The van der Waals surface area contributed by atoms with Crippen molar-refractivity contribution in [1.82, 2.24) is 14.6 Å². The van der Waals surface area contributed by atoms with Crippen LogP contribution in [-0.4, -0.2) is 14.6 Å². The number of hydrogen-bond donors (Lipinski definition) is 1. The summed E-state index contributed by atoms with van der Waals surface area (Å²) < 4.78 is 1.76. The maximum atomic E-state index is 5.89. The highest BCUT2D eigenvalue weighted by Crippen LogP contribution is 2.19. The second-order valence-corrected chi connectivity index (χ2v) is 4.03. The first kappa shape index (κ1) is 10.9. The van der Waals surface area contributed by atoms with Gasteiger partial charge in [-0.15, -0.1) is 0 Å². The van der Waals surface area contributed by atoms with Gasteiger partial charge in [-0.25, -0.2) is 4.98 Å². The van der Waals surface area contributed by atoms with Crippen molar-refractivity contribution in [1.29, 1.82) is 0 Å². The average Bonchev–Trinajstić information content (AvgIpc) is 2.61. The van der Waals surface area contributed by atoms with E-state index in [9.17, 15) is 0 Å². The van der Waals surface area contributed by atoms with Crippen LogP contribution in [0.5, 0.6) is 0 Å². The summed E-state index contributed by atoms with van der Waals surface area (Å²) in [7, 11) is 0. The van der Waals surface area contributed by atoms with Crippen molar-refractivity contribution in [2.45, 2.75) is 39.5 Å². The molecule has 0 bridgehead atoms. The third kappa shape index (κ3) is 1.75. The second-order valence-electron chi connectivity index (χ2n) is 4.03. The van der Waals surface area contributed by atoms with Gasteiger partial charge in [0.2, 0.25) is 0 Å². The molecule has 2 aromatic rings. The molecule has 16 heavy (non-hydrogen) atoms. The number of nitrogens with zero attached hydrogens (tertiary/aromatic N) is 3. The van der Waals surface area contributed by atoms with E-state index in [0.717, 1.165) is 37.0 Å². The topological polar surface area (TPSA) is 56.2 Å². The van der Waals surface area contributed by atoms with Crippen LogP contribution in [0.3, 0.4) is 0 Å². The van der Waals surface area contributed by atoms with Crippen LogP contribution in [0.1, 0.15) is 37.9 Å². The van der Waals surface area contributed by atoms with Crippen LogP contribution in [0.15, 0.2) is 12.3 Å². The summed E-state index contributed by atoms with van der Waals surface area (Å²) in [5.74, 6) is 0.657. The minimum atomic E-state index is 0.657. The van der Waals surface area contributed by atoms with Gasteiger partial charge in [0.05, 0.1) is 5.69 Å². The highest BCUT2D eigenvalue weighted by atomic mass is 15.3. The SMILES string of the molecule is CCCc1nn2c(N)ccnc2c1CCC. The van der Waals surface area contributed by atoms with E-state index in [4.69, 9.17) is 5.73 Å². The van der Waals surface area contributed by atoms with Crippen LogP contribution in [-0.2, 0) is 12.8 Å². The number of anilines is 1. The Balaban J connectivity index is 2.60. The molecule has 0 aliphatic carbocycles. The van der Waals surface area contributed by atoms with E-state index in [1.807, 2.05) is 0 Å². The zero-order valence-corrected chi connectivity index (χ0v) is 9.90. The van der Waals surface area contributed by atoms with Crippen molar-refractivity contribution in [3.8, 4) is 0 Å². The lowest BCUT2D eigenvalue weighted by Gasteiger charge is -1.99. The van der Waals surface area contributed by atoms with Crippen LogP contribution >= 0.6 is 0 Å². The number of hydrogen-bond acceptors (Lipinski definition) is 3. The van der Waals surface area contributed by atoms with Crippen molar-refractivity contribution in [3.63, 3.8) is 0 Å². The van der Waals surface area contributed by atoms with E-state index >= 15 is 0 Å². The van der Waals surface area contributed by atoms with Gasteiger partial charge in [-0.2, -0.15) is 9.61 Å². The van der Waals surface area contributed by atoms with Gasteiger partial charge in [0.1, 0.15) is 5.82 Å². The predicted octanol–water partition coefficient (Wildman–Crippen LogP) is 2.22. The summed E-state index contributed by atoms with van der Waals surface area (Å²) in [4.78, 5) is 4.38. The van der Waals surface area contributed by atoms with Crippen molar-refractivity contribution in [3.05, 3.63) is 23.5 Å². The smallest absolute Gasteiger partial charge is 0.160 e. The van der Waals surface area contributed by atoms with Crippen LogP contribution in [0.25, 0.3) is 5.65 Å². The fourth-order valence-corrected chi connectivity index (χ4v) is 2.00. The lowest BCUT2D eigenvalue weighted by molar-refractivity contribution is 0.820. The monoisotopic (exact) mass is 218 g/mol. The maximum Gasteiger partial charge on any atom is 0.160 e. The minimum absolute atomic E-state index is 0.657. The molecule has 0 spiro atoms. The summed E-state index contributed by atoms with van der Waals surface area (Å²) in [6.45, 7) is 4.34. The van der Waals surface area contributed by atoms with Crippen LogP contribution in [0, 0.1) is 0 Å². The highest BCUT2D eigenvalue weighted by Gasteiger charge is 2.13. The standard InChI is InChI=1S/C12H18N4/c1-3-5-9-10(6-4-2)15-16-11(13)7-8-14-12(9)16/h7-8H,3-6,13H2,1-2H3. The third-order valence-corrected chi connectivity index (χ3v) is 2.71. The van der Waals surface area contributed by atoms with Gasteiger partial charge in [0, 0.05) is 11.8 Å². The Kier molecular flexibility index (Phi) is 3.08. The molecule has 2 aromatic heterocycles. The van der Waals surface area contributed by atoms with E-state index < -0.39 is 0 Å². The molecule has 4 nitrogen and oxygen atoms in total. The van der Waals surface area contributed by atoms with Gasteiger partial charge in [-0.05, 0) is 18.9 Å². The molecule has 0 saturated heterocycles. The number of aromatic nitrogens is 3. The fourth-order valence-electron chi connectivity index (χ4n) is 2.00. The second kappa shape index (κ2) is 4.51. The van der Waals surface area contributed by atoms with E-state index in [1.165, 1.54) is 5.56 Å². The summed E-state index contributed by atoms with van der Waals surface area (Å²) in [5.41, 5.74) is 9.22. The zero-order valence-electron chi connectivity index (χ0n) is 9.90. The van der Waals surface area contributed by atoms with Gasteiger partial charge >= 0.3 is 0 Å². The fraction of sp³-hybridized carbons (Fsp3) is 0.500. The first-order chi connectivity index (χ1) is 7.77. The summed E-state index contributed by atoms with van der Waals surface area (Å²) in [6, 6.07) is 1.78. The molecule has 0 atom stereocenters. The molecule has 86 valence electrons. The lowest BCUT2D eigenvalue weighted by Crippen LogP contribution is -1.99. The third-order valence-electron chi connectivity index (χ3n) is 2.71. The Morgan fingerprint density at radius 2 is 2.00 bits per heavy atom. The summed E-state index contributed by atoms with van der Waals surface area (Å²) >= 11 is 0. The first-order valence-corrected chi connectivity index (χ1v) is 5.88. The molecule has 0 saturated carbocycles. The van der Waals surface area contributed by atoms with E-state index in [-0.39, 0.29) is 0 Å². The Morgan fingerprint density at radius 1 is 1.25 bits per heavy atom. The van der Waals surface area contributed by atoms with Crippen molar-refractivity contribution < 1.29 is 0 Å². The molecule has 2 heterocycles. The molecule has 4 heteroatoms. The maximum absolute atomic E-state index is 5.89. The molecule has 0 aliphatic heterocycles. The molecule has 0 aliphatic rings. The van der Waals surface area contributed by atoms with Crippen molar-refractivity contribution in [2.24, 2.45) is 0 Å². The summed E-state index contributed by atoms with van der Waals surface area (Å²) in [5, 5.41) is 4.55. The van der Waals surface area contributed by atoms with Gasteiger partial charge in [0.25, 0.3) is 0 Å². The number of aryl methyl sites for hydroxylation is 2. The zero-order chi connectivity index (χ0) is 11.5. The van der Waals surface area contributed by atoms with Crippen LogP contribution < -0.4 is 5.73 Å². The Hall–Kier alpha value is -1.58. The molecule has 0 aromatic carbocycles.